The summed E-state index contributed by atoms with van der Waals surface area (Å²) in [6.07, 6.45) is 2.38. The Morgan fingerprint density at radius 3 is 2.71 bits per heavy atom. The Labute approximate surface area is 101 Å². The number of rotatable bonds is 0. The number of aryl methyl sites for hydroxylation is 1. The van der Waals surface area contributed by atoms with Crippen LogP contribution in [0.15, 0.2) is 28.7 Å². The smallest absolute Gasteiger partial charge is 0.108 e. The molecule has 2 bridgehead atoms. The lowest BCUT2D eigenvalue weighted by molar-refractivity contribution is 0.438. The molecule has 0 amide bonds. The first-order chi connectivity index (χ1) is 8.25. The molecular weight excluding hydrogens is 208 g/mol. The Bertz CT molecular complexity index is 606. The molecule has 2 atom stereocenters. The van der Waals surface area contributed by atoms with Gasteiger partial charge in [0.1, 0.15) is 11.5 Å². The molecule has 1 heterocycles. The Hall–Kier alpha value is -1.50. The van der Waals surface area contributed by atoms with Crippen LogP contribution in [0.3, 0.4) is 0 Å². The van der Waals surface area contributed by atoms with Gasteiger partial charge in [-0.2, -0.15) is 0 Å². The van der Waals surface area contributed by atoms with E-state index in [1.54, 1.807) is 11.1 Å². The van der Waals surface area contributed by atoms with Crippen LogP contribution in [0.1, 0.15) is 52.0 Å². The van der Waals surface area contributed by atoms with E-state index in [2.05, 4.69) is 38.1 Å². The van der Waals surface area contributed by atoms with Crippen molar-refractivity contribution in [1.82, 2.24) is 0 Å². The van der Waals surface area contributed by atoms with E-state index in [9.17, 15) is 0 Å². The van der Waals surface area contributed by atoms with Crippen LogP contribution in [0.4, 0.5) is 0 Å². The highest BCUT2D eigenvalue weighted by Crippen LogP contribution is 2.53. The minimum absolute atomic E-state index is 0.595. The topological polar surface area (TPSA) is 13.1 Å². The molecule has 2 aliphatic carbocycles. The molecule has 86 valence electrons. The molecular formula is C16H16O. The average Bonchev–Trinajstić information content (AvgIpc) is 2.79. The van der Waals surface area contributed by atoms with Gasteiger partial charge in [-0.25, -0.2) is 0 Å². The average molecular weight is 224 g/mol. The van der Waals surface area contributed by atoms with Crippen molar-refractivity contribution in [3.8, 4) is 0 Å². The summed E-state index contributed by atoms with van der Waals surface area (Å²) in [6, 6.07) is 8.94. The van der Waals surface area contributed by atoms with E-state index in [1.807, 2.05) is 0 Å². The fourth-order valence-corrected chi connectivity index (χ4v) is 3.75. The largest absolute Gasteiger partial charge is 0.466 e. The van der Waals surface area contributed by atoms with Crippen LogP contribution in [0, 0.1) is 13.8 Å². The fraction of sp³-hybridized carbons (Fsp3) is 0.375. The number of benzene rings is 1. The fourth-order valence-electron chi connectivity index (χ4n) is 3.75. The maximum atomic E-state index is 5.95. The summed E-state index contributed by atoms with van der Waals surface area (Å²) in [6.45, 7) is 4.30. The van der Waals surface area contributed by atoms with Crippen molar-refractivity contribution >= 4 is 0 Å². The molecule has 0 spiro atoms. The standard InChI is InChI=1S/C16H16O/c1-9-10(2)17-15-8-11-7-14(16(9)15)13-6-4-3-5-12(11)13/h3-6,11,14H,7-8H2,1-2H3. The molecule has 0 aliphatic heterocycles. The van der Waals surface area contributed by atoms with Crippen LogP contribution in [0.5, 0.6) is 0 Å². The quantitative estimate of drug-likeness (QED) is 0.657. The molecule has 1 aromatic heterocycles. The van der Waals surface area contributed by atoms with Crippen molar-refractivity contribution in [2.75, 3.05) is 0 Å². The van der Waals surface area contributed by atoms with Gasteiger partial charge in [0.05, 0.1) is 0 Å². The first kappa shape index (κ1) is 9.52. The first-order valence-electron chi connectivity index (χ1n) is 6.43. The zero-order valence-electron chi connectivity index (χ0n) is 10.3. The molecule has 0 N–H and O–H groups in total. The molecule has 2 aliphatic rings. The van der Waals surface area contributed by atoms with E-state index in [0.717, 1.165) is 12.2 Å². The summed E-state index contributed by atoms with van der Waals surface area (Å²) in [7, 11) is 0. The Morgan fingerprint density at radius 2 is 1.88 bits per heavy atom. The molecule has 1 heteroatoms. The molecule has 0 fully saturated rings. The van der Waals surface area contributed by atoms with Gasteiger partial charge in [0.15, 0.2) is 0 Å². The third kappa shape index (κ3) is 1.09. The summed E-state index contributed by atoms with van der Waals surface area (Å²) in [5, 5.41) is 0. The summed E-state index contributed by atoms with van der Waals surface area (Å²) in [4.78, 5) is 0. The number of furan rings is 1. The lowest BCUT2D eigenvalue weighted by Gasteiger charge is -2.19. The monoisotopic (exact) mass is 224 g/mol. The van der Waals surface area contributed by atoms with Gasteiger partial charge in [0, 0.05) is 17.9 Å². The molecule has 17 heavy (non-hydrogen) atoms. The van der Waals surface area contributed by atoms with Crippen molar-refractivity contribution in [1.29, 1.82) is 0 Å². The number of hydrogen-bond donors (Lipinski definition) is 0. The van der Waals surface area contributed by atoms with Crippen LogP contribution in [0.25, 0.3) is 0 Å². The van der Waals surface area contributed by atoms with E-state index >= 15 is 0 Å². The van der Waals surface area contributed by atoms with Gasteiger partial charge >= 0.3 is 0 Å². The Kier molecular flexibility index (Phi) is 1.70. The highest BCUT2D eigenvalue weighted by atomic mass is 16.3. The van der Waals surface area contributed by atoms with Gasteiger partial charge in [0.25, 0.3) is 0 Å². The normalized spacial score (nSPS) is 24.6. The molecule has 2 aromatic rings. The lowest BCUT2D eigenvalue weighted by atomic mass is 9.83. The molecule has 0 radical (unpaired) electrons. The summed E-state index contributed by atoms with van der Waals surface area (Å²) >= 11 is 0. The third-order valence-corrected chi connectivity index (χ3v) is 4.62. The van der Waals surface area contributed by atoms with Crippen LogP contribution in [-0.2, 0) is 6.42 Å². The summed E-state index contributed by atoms with van der Waals surface area (Å²) in [5.41, 5.74) is 5.96. The molecule has 1 nitrogen and oxygen atoms in total. The van der Waals surface area contributed by atoms with E-state index in [0.29, 0.717) is 11.8 Å². The predicted molar refractivity (Wildman–Crippen MR) is 67.5 cm³/mol. The molecule has 0 saturated carbocycles. The van der Waals surface area contributed by atoms with Gasteiger partial charge in [0.2, 0.25) is 0 Å². The number of fused-ring (bicyclic) bond motifs is 7. The Balaban J connectivity index is 1.99. The van der Waals surface area contributed by atoms with Gasteiger partial charge < -0.3 is 4.42 Å². The highest BCUT2D eigenvalue weighted by Gasteiger charge is 2.40. The van der Waals surface area contributed by atoms with Gasteiger partial charge in [-0.15, -0.1) is 0 Å². The highest BCUT2D eigenvalue weighted by molar-refractivity contribution is 5.52. The van der Waals surface area contributed by atoms with Gasteiger partial charge in [-0.05, 0) is 42.9 Å². The van der Waals surface area contributed by atoms with E-state index in [1.165, 1.54) is 23.3 Å². The van der Waals surface area contributed by atoms with Crippen molar-refractivity contribution in [2.24, 2.45) is 0 Å². The zero-order valence-corrected chi connectivity index (χ0v) is 10.3. The number of hydrogen-bond acceptors (Lipinski definition) is 1. The predicted octanol–water partition coefficient (Wildman–Crippen LogP) is 4.07. The van der Waals surface area contributed by atoms with Crippen LogP contribution in [0.2, 0.25) is 0 Å². The van der Waals surface area contributed by atoms with E-state index in [4.69, 9.17) is 4.42 Å². The Morgan fingerprint density at radius 1 is 1.12 bits per heavy atom. The third-order valence-electron chi connectivity index (χ3n) is 4.62. The van der Waals surface area contributed by atoms with Gasteiger partial charge in [-0.3, -0.25) is 0 Å². The second kappa shape index (κ2) is 3.04. The van der Waals surface area contributed by atoms with Crippen molar-refractivity contribution < 1.29 is 4.42 Å². The minimum Gasteiger partial charge on any atom is -0.466 e. The van der Waals surface area contributed by atoms with Crippen LogP contribution in [-0.4, -0.2) is 0 Å². The second-order valence-corrected chi connectivity index (χ2v) is 5.44. The lowest BCUT2D eigenvalue weighted by Crippen LogP contribution is -2.08. The summed E-state index contributed by atoms with van der Waals surface area (Å²) < 4.78 is 5.95. The SMILES string of the molecule is Cc1oc2c(c1C)C1CC(C2)c2ccccc21. The minimum atomic E-state index is 0.595. The maximum absolute atomic E-state index is 5.95. The molecule has 0 saturated heterocycles. The van der Waals surface area contributed by atoms with Gasteiger partial charge in [-0.1, -0.05) is 24.3 Å². The summed E-state index contributed by atoms with van der Waals surface area (Å²) in [5.74, 6) is 3.64. The first-order valence-corrected chi connectivity index (χ1v) is 6.43. The molecule has 4 rings (SSSR count). The van der Waals surface area contributed by atoms with E-state index < -0.39 is 0 Å². The van der Waals surface area contributed by atoms with E-state index in [-0.39, 0.29) is 0 Å². The maximum Gasteiger partial charge on any atom is 0.108 e. The molecule has 1 aromatic carbocycles. The van der Waals surface area contributed by atoms with Crippen molar-refractivity contribution in [3.63, 3.8) is 0 Å². The van der Waals surface area contributed by atoms with Crippen molar-refractivity contribution in [2.45, 2.75) is 38.5 Å². The van der Waals surface area contributed by atoms with Crippen molar-refractivity contribution in [3.05, 3.63) is 58.0 Å². The zero-order chi connectivity index (χ0) is 11.6. The van der Waals surface area contributed by atoms with Crippen LogP contribution >= 0.6 is 0 Å². The second-order valence-electron chi connectivity index (χ2n) is 5.44. The van der Waals surface area contributed by atoms with Crippen LogP contribution < -0.4 is 0 Å². The molecule has 2 unspecified atom stereocenters.